The maximum Gasteiger partial charge on any atom is 0.192 e. The highest BCUT2D eigenvalue weighted by molar-refractivity contribution is 14.1. The van der Waals surface area contributed by atoms with E-state index in [0.29, 0.717) is 24.1 Å². The number of carbonyl (C=O) groups excluding carboxylic acids is 1. The summed E-state index contributed by atoms with van der Waals surface area (Å²) in [4.78, 5) is 15.1. The van der Waals surface area contributed by atoms with Gasteiger partial charge in [0, 0.05) is 30.6 Å². The van der Waals surface area contributed by atoms with Crippen LogP contribution in [0.3, 0.4) is 0 Å². The summed E-state index contributed by atoms with van der Waals surface area (Å²) in [6.45, 7) is 0.945. The molecule has 1 N–H and O–H groups in total. The van der Waals surface area contributed by atoms with E-state index in [1.54, 1.807) is 30.1 Å². The number of halogens is 1. The van der Waals surface area contributed by atoms with Gasteiger partial charge in [-0.25, -0.2) is 0 Å². The number of fused-ring (bicyclic) bond motifs is 1. The van der Waals surface area contributed by atoms with Crippen molar-refractivity contribution in [3.63, 3.8) is 0 Å². The fraction of sp³-hybridized carbons (Fsp3) is 0.611. The number of benzene rings is 1. The average molecular weight is 443 g/mol. The summed E-state index contributed by atoms with van der Waals surface area (Å²) in [7, 11) is 3.79. The minimum atomic E-state index is -0.315. The van der Waals surface area contributed by atoms with Crippen LogP contribution in [0.4, 0.5) is 0 Å². The Bertz CT molecular complexity index is 694. The van der Waals surface area contributed by atoms with Gasteiger partial charge in [-0.05, 0) is 50.4 Å². The van der Waals surface area contributed by atoms with E-state index in [9.17, 15) is 9.90 Å². The molecule has 24 heavy (non-hydrogen) atoms. The third kappa shape index (κ3) is 2.15. The molecule has 3 aliphatic rings. The number of rotatable bonds is 2. The topological polar surface area (TPSA) is 59.0 Å². The van der Waals surface area contributed by atoms with Gasteiger partial charge >= 0.3 is 0 Å². The van der Waals surface area contributed by atoms with Crippen molar-refractivity contribution in [3.05, 3.63) is 23.3 Å². The van der Waals surface area contributed by atoms with Crippen LogP contribution in [-0.4, -0.2) is 48.6 Å². The summed E-state index contributed by atoms with van der Waals surface area (Å²) in [6.07, 6.45) is 2.66. The molecule has 1 heterocycles. The second kappa shape index (κ2) is 5.85. The highest BCUT2D eigenvalue weighted by atomic mass is 127. The number of ether oxygens (including phenoxy) is 1. The van der Waals surface area contributed by atoms with E-state index in [4.69, 9.17) is 7.80 Å². The molecule has 5 nitrogen and oxygen atoms in total. The van der Waals surface area contributed by atoms with Gasteiger partial charge in [0.25, 0.3) is 0 Å². The minimum absolute atomic E-state index is 0.157. The number of piperidine rings is 1. The summed E-state index contributed by atoms with van der Waals surface area (Å²) in [5.74, 6) is 1.19. The Labute approximate surface area is 156 Å². The van der Waals surface area contributed by atoms with Gasteiger partial charge in [-0.3, -0.25) is 4.79 Å². The molecule has 4 atom stereocenters. The number of phenolic OH excluding ortho intramolecular Hbond substituents is 1. The van der Waals surface area contributed by atoms with Crippen molar-refractivity contribution < 1.29 is 17.7 Å². The summed E-state index contributed by atoms with van der Waals surface area (Å²) in [5.41, 5.74) is 1.82. The Morgan fingerprint density at radius 1 is 1.42 bits per heavy atom. The third-order valence-electron chi connectivity index (χ3n) is 6.49. The molecule has 2 aliphatic carbocycles. The van der Waals surface area contributed by atoms with Gasteiger partial charge in [-0.2, -0.15) is 0 Å². The lowest BCUT2D eigenvalue weighted by atomic mass is 9.51. The Kier molecular flexibility index (Phi) is 4.04. The summed E-state index contributed by atoms with van der Waals surface area (Å²) < 4.78 is 10.8. The molecule has 2 fully saturated rings. The van der Waals surface area contributed by atoms with E-state index in [2.05, 4.69) is 18.0 Å². The van der Waals surface area contributed by atoms with Crippen molar-refractivity contribution in [2.75, 3.05) is 20.7 Å². The van der Waals surface area contributed by atoms with Crippen LogP contribution in [-0.2, 0) is 21.4 Å². The molecule has 6 heteroatoms. The van der Waals surface area contributed by atoms with Crippen LogP contribution in [0.2, 0.25) is 0 Å². The number of hydrogen-bond acceptors (Lipinski definition) is 5. The number of carbonyl (C=O) groups is 1. The quantitative estimate of drug-likeness (QED) is 0.713. The van der Waals surface area contributed by atoms with E-state index in [-0.39, 0.29) is 23.1 Å². The number of ketones is 1. The molecule has 0 spiro atoms. The minimum Gasteiger partial charge on any atom is -0.504 e. The van der Waals surface area contributed by atoms with E-state index in [0.717, 1.165) is 36.9 Å². The van der Waals surface area contributed by atoms with Crippen molar-refractivity contribution >= 4 is 28.8 Å². The van der Waals surface area contributed by atoms with E-state index >= 15 is 0 Å². The molecule has 4 rings (SSSR count). The van der Waals surface area contributed by atoms with Crippen molar-refractivity contribution in [2.24, 2.45) is 5.92 Å². The molecule has 1 aliphatic heterocycles. The Morgan fingerprint density at radius 2 is 2.21 bits per heavy atom. The second-order valence-corrected chi connectivity index (χ2v) is 7.83. The second-order valence-electron chi connectivity index (χ2n) is 7.39. The zero-order valence-electron chi connectivity index (χ0n) is 13.9. The largest absolute Gasteiger partial charge is 0.504 e. The molecule has 0 radical (unpaired) electrons. The molecular weight excluding hydrogens is 421 g/mol. The number of aromatic hydroxyl groups is 1. The fourth-order valence-electron chi connectivity index (χ4n) is 5.34. The van der Waals surface area contributed by atoms with Gasteiger partial charge in [0.05, 0.1) is 0 Å². The first-order valence-electron chi connectivity index (χ1n) is 8.41. The molecular formula is C18H22INO4. The molecule has 0 amide bonds. The summed E-state index contributed by atoms with van der Waals surface area (Å²) in [5, 5.41) is 10.9. The first kappa shape index (κ1) is 16.6. The number of methoxy groups -OCH3 is 1. The zero-order valence-corrected chi connectivity index (χ0v) is 16.1. The Hall–Kier alpha value is -0.860. The van der Waals surface area contributed by atoms with Crippen molar-refractivity contribution in [3.8, 4) is 11.5 Å². The number of phenols is 1. The summed E-state index contributed by atoms with van der Waals surface area (Å²) >= 11 is 1.80. The van der Waals surface area contributed by atoms with Crippen LogP contribution >= 0.6 is 23.0 Å². The molecule has 1 saturated carbocycles. The smallest absolute Gasteiger partial charge is 0.192 e. The Morgan fingerprint density at radius 3 is 2.92 bits per heavy atom. The lowest BCUT2D eigenvalue weighted by Crippen LogP contribution is -2.63. The van der Waals surface area contributed by atoms with Crippen molar-refractivity contribution in [1.82, 2.24) is 4.90 Å². The number of likely N-dealkylation sites (N-methyl/N-ethyl adjacent to an activating group) is 1. The van der Waals surface area contributed by atoms with Gasteiger partial charge in [0.15, 0.2) is 40.3 Å². The van der Waals surface area contributed by atoms with E-state index in [1.807, 2.05) is 6.07 Å². The summed E-state index contributed by atoms with van der Waals surface area (Å²) in [6, 6.07) is 4.28. The lowest BCUT2D eigenvalue weighted by Gasteiger charge is -2.58. The van der Waals surface area contributed by atoms with Crippen LogP contribution < -0.4 is 3.07 Å². The Balaban J connectivity index is 1.91. The molecule has 130 valence electrons. The fourth-order valence-corrected chi connectivity index (χ4v) is 5.70. The molecule has 3 unspecified atom stereocenters. The lowest BCUT2D eigenvalue weighted by molar-refractivity contribution is -0.141. The van der Waals surface area contributed by atoms with Crippen LogP contribution in [0.1, 0.15) is 30.4 Å². The van der Waals surface area contributed by atoms with Crippen LogP contribution in [0.25, 0.3) is 0 Å². The standard InChI is InChI=1S/C18H22INO4/c1-20-6-5-18-9-13(21)15(23-2)8-11(18)12(20)7-10-3-4-14(24-19)17(22)16(10)18/h3-4,11-12,15,22H,5-9H2,1-2H3/t11?,12?,15?,18-/m1/s1. The SMILES string of the molecule is COC1CC2C3Cc4ccc(OI)c(O)c4[C@]2(CCN3C)CC1=O. The van der Waals surface area contributed by atoms with Gasteiger partial charge in [0.2, 0.25) is 0 Å². The van der Waals surface area contributed by atoms with Crippen molar-refractivity contribution in [2.45, 2.75) is 43.2 Å². The van der Waals surface area contributed by atoms with Gasteiger partial charge in [0.1, 0.15) is 6.10 Å². The molecule has 1 saturated heterocycles. The first-order chi connectivity index (χ1) is 11.5. The molecule has 1 aromatic rings. The highest BCUT2D eigenvalue weighted by Gasteiger charge is 2.58. The maximum atomic E-state index is 12.7. The van der Waals surface area contributed by atoms with Crippen LogP contribution in [0.5, 0.6) is 11.5 Å². The van der Waals surface area contributed by atoms with Crippen molar-refractivity contribution in [1.29, 1.82) is 0 Å². The highest BCUT2D eigenvalue weighted by Crippen LogP contribution is 2.58. The molecule has 0 aromatic heterocycles. The maximum absolute atomic E-state index is 12.7. The normalized spacial score (nSPS) is 35.3. The number of hydrogen-bond donors (Lipinski definition) is 1. The van der Waals surface area contributed by atoms with Gasteiger partial charge in [-0.1, -0.05) is 6.07 Å². The average Bonchev–Trinajstić information content (AvgIpc) is 2.57. The number of nitrogens with zero attached hydrogens (tertiary/aromatic N) is 1. The van der Waals surface area contributed by atoms with Crippen LogP contribution in [0, 0.1) is 5.92 Å². The van der Waals surface area contributed by atoms with Gasteiger partial charge < -0.3 is 17.8 Å². The predicted octanol–water partition coefficient (Wildman–Crippen LogP) is 2.61. The monoisotopic (exact) mass is 443 g/mol. The third-order valence-corrected chi connectivity index (χ3v) is 6.96. The predicted molar refractivity (Wildman–Crippen MR) is 97.7 cm³/mol. The molecule has 1 aromatic carbocycles. The number of likely N-dealkylation sites (tertiary alicyclic amines) is 1. The zero-order chi connectivity index (χ0) is 17.1. The first-order valence-corrected chi connectivity index (χ1v) is 9.29. The van der Waals surface area contributed by atoms with E-state index in [1.165, 1.54) is 0 Å². The van der Waals surface area contributed by atoms with Crippen LogP contribution in [0.15, 0.2) is 12.1 Å². The number of Topliss-reactive ketones (excluding diaryl/α,β-unsaturated/α-hetero) is 1. The van der Waals surface area contributed by atoms with E-state index < -0.39 is 0 Å². The molecule has 2 bridgehead atoms. The van der Waals surface area contributed by atoms with Gasteiger partial charge in [-0.15, -0.1) is 0 Å².